The molecule has 0 atom stereocenters. The van der Waals surface area contributed by atoms with Crippen molar-refractivity contribution in [3.05, 3.63) is 5.01 Å². The standard InChI is InChI=1S/C10H18N4O2S/c1-3-5-8-12-13-9(17-8)11-10(16)14(4-2)6-7-15/h15H,3-7H2,1-2H3,(H,11,13,16). The number of urea groups is 1. The SMILES string of the molecule is CCCc1nnc(NC(=O)N(CC)CCO)s1. The van der Waals surface area contributed by atoms with E-state index in [-0.39, 0.29) is 12.6 Å². The summed E-state index contributed by atoms with van der Waals surface area (Å²) in [4.78, 5) is 13.3. The molecule has 0 aliphatic heterocycles. The Morgan fingerprint density at radius 3 is 2.82 bits per heavy atom. The topological polar surface area (TPSA) is 78.4 Å². The molecule has 0 fully saturated rings. The first-order valence-corrected chi connectivity index (χ1v) is 6.52. The number of nitrogens with one attached hydrogen (secondary N) is 1. The predicted molar refractivity (Wildman–Crippen MR) is 67.3 cm³/mol. The number of nitrogens with zero attached hydrogens (tertiary/aromatic N) is 3. The van der Waals surface area contributed by atoms with Gasteiger partial charge in [-0.3, -0.25) is 5.32 Å². The average molecular weight is 258 g/mol. The number of aliphatic hydroxyl groups is 1. The molecule has 0 unspecified atom stereocenters. The summed E-state index contributed by atoms with van der Waals surface area (Å²) in [6, 6.07) is -0.249. The van der Waals surface area contributed by atoms with Crippen LogP contribution in [0.3, 0.4) is 0 Å². The second-order valence-electron chi connectivity index (χ2n) is 3.48. The fraction of sp³-hybridized carbons (Fsp3) is 0.700. The molecular weight excluding hydrogens is 240 g/mol. The van der Waals surface area contributed by atoms with Crippen molar-refractivity contribution in [2.45, 2.75) is 26.7 Å². The van der Waals surface area contributed by atoms with Crippen LogP contribution in [0.25, 0.3) is 0 Å². The zero-order valence-corrected chi connectivity index (χ0v) is 11.0. The van der Waals surface area contributed by atoms with E-state index in [1.54, 1.807) is 0 Å². The fourth-order valence-corrected chi connectivity index (χ4v) is 2.14. The number of carbonyl (C=O) groups excluding carboxylic acids is 1. The Bertz CT molecular complexity index is 356. The molecule has 0 aromatic carbocycles. The van der Waals surface area contributed by atoms with Gasteiger partial charge in [0.1, 0.15) is 5.01 Å². The second-order valence-corrected chi connectivity index (χ2v) is 4.55. The Morgan fingerprint density at radius 1 is 1.47 bits per heavy atom. The first-order chi connectivity index (χ1) is 8.21. The molecule has 96 valence electrons. The van der Waals surface area contributed by atoms with Crippen molar-refractivity contribution in [1.29, 1.82) is 0 Å². The zero-order chi connectivity index (χ0) is 12.7. The van der Waals surface area contributed by atoms with Gasteiger partial charge in [0.25, 0.3) is 0 Å². The number of likely N-dealkylation sites (N-methyl/N-ethyl adjacent to an activating group) is 1. The number of carbonyl (C=O) groups is 1. The van der Waals surface area contributed by atoms with Crippen LogP contribution >= 0.6 is 11.3 Å². The Morgan fingerprint density at radius 2 is 2.24 bits per heavy atom. The van der Waals surface area contributed by atoms with Gasteiger partial charge in [0.15, 0.2) is 0 Å². The number of aryl methyl sites for hydroxylation is 1. The smallest absolute Gasteiger partial charge is 0.323 e. The number of hydrogen-bond donors (Lipinski definition) is 2. The van der Waals surface area contributed by atoms with E-state index in [0.29, 0.717) is 18.2 Å². The van der Waals surface area contributed by atoms with E-state index in [1.165, 1.54) is 16.2 Å². The van der Waals surface area contributed by atoms with E-state index in [4.69, 9.17) is 5.11 Å². The third-order valence-corrected chi connectivity index (χ3v) is 3.08. The molecule has 0 saturated heterocycles. The molecule has 0 aliphatic rings. The van der Waals surface area contributed by atoms with Crippen LogP contribution in [-0.2, 0) is 6.42 Å². The van der Waals surface area contributed by atoms with Crippen molar-refractivity contribution in [3.8, 4) is 0 Å². The minimum Gasteiger partial charge on any atom is -0.395 e. The number of hydrogen-bond acceptors (Lipinski definition) is 5. The van der Waals surface area contributed by atoms with Crippen LogP contribution in [0.4, 0.5) is 9.93 Å². The lowest BCUT2D eigenvalue weighted by Crippen LogP contribution is -2.36. The zero-order valence-electron chi connectivity index (χ0n) is 10.1. The number of anilines is 1. The van der Waals surface area contributed by atoms with E-state index < -0.39 is 0 Å². The molecule has 0 saturated carbocycles. The Kier molecular flexibility index (Phi) is 5.85. The third kappa shape index (κ3) is 4.27. The highest BCUT2D eigenvalue weighted by molar-refractivity contribution is 7.15. The van der Waals surface area contributed by atoms with Gasteiger partial charge in [-0.15, -0.1) is 10.2 Å². The summed E-state index contributed by atoms with van der Waals surface area (Å²) in [6.07, 6.45) is 1.88. The van der Waals surface area contributed by atoms with Crippen LogP contribution in [0, 0.1) is 0 Å². The van der Waals surface area contributed by atoms with Gasteiger partial charge in [-0.1, -0.05) is 18.3 Å². The maximum absolute atomic E-state index is 11.7. The molecular formula is C10H18N4O2S. The quantitative estimate of drug-likeness (QED) is 0.807. The van der Waals surface area contributed by atoms with Gasteiger partial charge >= 0.3 is 6.03 Å². The first-order valence-electron chi connectivity index (χ1n) is 5.70. The van der Waals surface area contributed by atoms with E-state index in [1.807, 2.05) is 6.92 Å². The summed E-state index contributed by atoms with van der Waals surface area (Å²) in [5.41, 5.74) is 0. The van der Waals surface area contributed by atoms with E-state index in [0.717, 1.165) is 17.8 Å². The average Bonchev–Trinajstić information content (AvgIpc) is 2.73. The minimum absolute atomic E-state index is 0.0432. The molecule has 0 bridgehead atoms. The lowest BCUT2D eigenvalue weighted by atomic mass is 10.4. The molecule has 1 heterocycles. The van der Waals surface area contributed by atoms with Crippen molar-refractivity contribution in [2.75, 3.05) is 25.0 Å². The Labute approximate surface area is 105 Å². The maximum Gasteiger partial charge on any atom is 0.323 e. The normalized spacial score (nSPS) is 10.3. The molecule has 2 N–H and O–H groups in total. The van der Waals surface area contributed by atoms with Crippen LogP contribution in [-0.4, -0.2) is 45.9 Å². The highest BCUT2D eigenvalue weighted by Crippen LogP contribution is 2.16. The van der Waals surface area contributed by atoms with Gasteiger partial charge < -0.3 is 10.0 Å². The molecule has 0 spiro atoms. The van der Waals surface area contributed by atoms with Crippen molar-refractivity contribution in [1.82, 2.24) is 15.1 Å². The van der Waals surface area contributed by atoms with Crippen LogP contribution in [0.1, 0.15) is 25.3 Å². The van der Waals surface area contributed by atoms with Gasteiger partial charge in [0.05, 0.1) is 6.61 Å². The van der Waals surface area contributed by atoms with Gasteiger partial charge in [-0.05, 0) is 13.3 Å². The number of aromatic nitrogens is 2. The van der Waals surface area contributed by atoms with Gasteiger partial charge in [0.2, 0.25) is 5.13 Å². The Balaban J connectivity index is 2.53. The predicted octanol–water partition coefficient (Wildman–Crippen LogP) is 1.34. The molecule has 6 nitrogen and oxygen atoms in total. The van der Waals surface area contributed by atoms with Crippen molar-refractivity contribution in [3.63, 3.8) is 0 Å². The van der Waals surface area contributed by atoms with Crippen LogP contribution < -0.4 is 5.32 Å². The first kappa shape index (κ1) is 13.9. The molecule has 17 heavy (non-hydrogen) atoms. The Hall–Kier alpha value is -1.21. The fourth-order valence-electron chi connectivity index (χ4n) is 1.31. The third-order valence-electron chi connectivity index (χ3n) is 2.18. The van der Waals surface area contributed by atoms with Gasteiger partial charge in [-0.25, -0.2) is 4.79 Å². The summed E-state index contributed by atoms with van der Waals surface area (Å²) in [5.74, 6) is 0. The molecule has 0 radical (unpaired) electrons. The largest absolute Gasteiger partial charge is 0.395 e. The van der Waals surface area contributed by atoms with Gasteiger partial charge in [-0.2, -0.15) is 0 Å². The number of amides is 2. The summed E-state index contributed by atoms with van der Waals surface area (Å²) in [7, 11) is 0. The summed E-state index contributed by atoms with van der Waals surface area (Å²) >= 11 is 1.39. The van der Waals surface area contributed by atoms with Crippen molar-refractivity contribution >= 4 is 22.5 Å². The molecule has 7 heteroatoms. The maximum atomic E-state index is 11.7. The lowest BCUT2D eigenvalue weighted by Gasteiger charge is -2.18. The molecule has 1 aromatic rings. The van der Waals surface area contributed by atoms with Crippen molar-refractivity contribution < 1.29 is 9.90 Å². The number of rotatable bonds is 6. The monoisotopic (exact) mass is 258 g/mol. The van der Waals surface area contributed by atoms with E-state index in [2.05, 4.69) is 22.4 Å². The molecule has 1 rings (SSSR count). The second kappa shape index (κ2) is 7.18. The van der Waals surface area contributed by atoms with E-state index >= 15 is 0 Å². The van der Waals surface area contributed by atoms with Crippen LogP contribution in [0.15, 0.2) is 0 Å². The molecule has 1 aromatic heterocycles. The van der Waals surface area contributed by atoms with Crippen LogP contribution in [0.2, 0.25) is 0 Å². The highest BCUT2D eigenvalue weighted by Gasteiger charge is 2.13. The molecule has 2 amide bonds. The number of aliphatic hydroxyl groups excluding tert-OH is 1. The van der Waals surface area contributed by atoms with Crippen molar-refractivity contribution in [2.24, 2.45) is 0 Å². The lowest BCUT2D eigenvalue weighted by molar-refractivity contribution is 0.192. The summed E-state index contributed by atoms with van der Waals surface area (Å²) in [6.45, 7) is 4.76. The highest BCUT2D eigenvalue weighted by atomic mass is 32.1. The summed E-state index contributed by atoms with van der Waals surface area (Å²) in [5, 5.41) is 20.8. The van der Waals surface area contributed by atoms with Crippen LogP contribution in [0.5, 0.6) is 0 Å². The van der Waals surface area contributed by atoms with E-state index in [9.17, 15) is 4.79 Å². The minimum atomic E-state index is -0.249. The summed E-state index contributed by atoms with van der Waals surface area (Å²) < 4.78 is 0. The van der Waals surface area contributed by atoms with Gasteiger partial charge in [0, 0.05) is 19.5 Å². The molecule has 0 aliphatic carbocycles.